The Balaban J connectivity index is 1.87. The first-order valence-corrected chi connectivity index (χ1v) is 6.75. The number of nitrogens with two attached hydrogens (primary N) is 1. The number of carbonyl (C=O) groups is 1. The summed E-state index contributed by atoms with van der Waals surface area (Å²) in [6.45, 7) is 7.03. The molecule has 2 heterocycles. The average molecular weight is 255 g/mol. The number of fused-ring (bicyclic) bond motifs is 2. The number of amides is 1. The molecule has 2 saturated heterocycles. The second kappa shape index (κ2) is 4.67. The third kappa shape index (κ3) is 2.11. The van der Waals surface area contributed by atoms with E-state index >= 15 is 0 Å². The van der Waals surface area contributed by atoms with E-state index in [-0.39, 0.29) is 24.0 Å². The second-order valence-corrected chi connectivity index (χ2v) is 5.49. The minimum atomic E-state index is 0.0601. The molecule has 2 unspecified atom stereocenters. The standard InChI is InChI=1S/C15H17N3O/c1-17-12-4-2-3-10(7-12)15(19)18-13-5-6-14(18)9-11(16)8-13/h2-4,7,11,13-14H,5-6,8-9,16H2. The predicted molar refractivity (Wildman–Crippen MR) is 72.9 cm³/mol. The second-order valence-electron chi connectivity index (χ2n) is 5.49. The summed E-state index contributed by atoms with van der Waals surface area (Å²) >= 11 is 0. The van der Waals surface area contributed by atoms with Crippen LogP contribution in [0.25, 0.3) is 4.85 Å². The maximum absolute atomic E-state index is 12.6. The van der Waals surface area contributed by atoms with Gasteiger partial charge in [0, 0.05) is 23.7 Å². The van der Waals surface area contributed by atoms with Gasteiger partial charge in [0.05, 0.1) is 6.57 Å². The lowest BCUT2D eigenvalue weighted by Crippen LogP contribution is -2.50. The van der Waals surface area contributed by atoms with Crippen LogP contribution >= 0.6 is 0 Å². The summed E-state index contributed by atoms with van der Waals surface area (Å²) in [4.78, 5) is 18.0. The van der Waals surface area contributed by atoms with Gasteiger partial charge in [-0.25, -0.2) is 4.85 Å². The molecule has 4 nitrogen and oxygen atoms in total. The molecule has 2 fully saturated rings. The van der Waals surface area contributed by atoms with Crippen molar-refractivity contribution < 1.29 is 4.79 Å². The van der Waals surface area contributed by atoms with E-state index in [2.05, 4.69) is 4.85 Å². The van der Waals surface area contributed by atoms with Crippen molar-refractivity contribution in [1.29, 1.82) is 0 Å². The fourth-order valence-electron chi connectivity index (χ4n) is 3.41. The largest absolute Gasteiger partial charge is 0.333 e. The van der Waals surface area contributed by atoms with Gasteiger partial charge in [-0.15, -0.1) is 0 Å². The summed E-state index contributed by atoms with van der Waals surface area (Å²) in [5.41, 5.74) is 7.17. The van der Waals surface area contributed by atoms with Crippen molar-refractivity contribution in [1.82, 2.24) is 4.90 Å². The molecule has 2 N–H and O–H groups in total. The van der Waals surface area contributed by atoms with E-state index in [1.54, 1.807) is 24.3 Å². The van der Waals surface area contributed by atoms with Gasteiger partial charge in [0.2, 0.25) is 0 Å². The first-order chi connectivity index (χ1) is 9.19. The summed E-state index contributed by atoms with van der Waals surface area (Å²) in [5.74, 6) is 0.0601. The van der Waals surface area contributed by atoms with Crippen molar-refractivity contribution in [3.05, 3.63) is 41.2 Å². The molecule has 2 atom stereocenters. The van der Waals surface area contributed by atoms with E-state index in [1.165, 1.54) is 0 Å². The minimum Gasteiger partial charge on any atom is -0.333 e. The quantitative estimate of drug-likeness (QED) is 0.783. The van der Waals surface area contributed by atoms with Gasteiger partial charge >= 0.3 is 0 Å². The highest BCUT2D eigenvalue weighted by Gasteiger charge is 2.42. The zero-order chi connectivity index (χ0) is 13.4. The molecule has 0 aromatic heterocycles. The molecular formula is C15H17N3O. The topological polar surface area (TPSA) is 50.7 Å². The lowest BCUT2D eigenvalue weighted by molar-refractivity contribution is 0.0575. The van der Waals surface area contributed by atoms with Gasteiger partial charge in [-0.3, -0.25) is 4.79 Å². The highest BCUT2D eigenvalue weighted by molar-refractivity contribution is 5.95. The van der Waals surface area contributed by atoms with Gasteiger partial charge in [0.25, 0.3) is 5.91 Å². The van der Waals surface area contributed by atoms with Crippen molar-refractivity contribution in [3.8, 4) is 0 Å². The van der Waals surface area contributed by atoms with E-state index in [4.69, 9.17) is 12.3 Å². The number of benzene rings is 1. The number of hydrogen-bond acceptors (Lipinski definition) is 2. The molecule has 4 heteroatoms. The first kappa shape index (κ1) is 12.2. The predicted octanol–water partition coefficient (Wildman–Crippen LogP) is 2.33. The summed E-state index contributed by atoms with van der Waals surface area (Å²) in [7, 11) is 0. The molecule has 1 aromatic carbocycles. The van der Waals surface area contributed by atoms with Gasteiger partial charge < -0.3 is 10.6 Å². The monoisotopic (exact) mass is 255 g/mol. The Hall–Kier alpha value is -1.86. The number of nitrogens with zero attached hydrogens (tertiary/aromatic N) is 2. The van der Waals surface area contributed by atoms with Gasteiger partial charge in [-0.2, -0.15) is 0 Å². The molecular weight excluding hydrogens is 238 g/mol. The van der Waals surface area contributed by atoms with Crippen molar-refractivity contribution in [2.45, 2.75) is 43.8 Å². The SMILES string of the molecule is [C-]#[N+]c1cccc(C(=O)N2C3CCC2CC(N)C3)c1. The molecule has 0 aliphatic carbocycles. The van der Waals surface area contributed by atoms with Gasteiger partial charge in [-0.05, 0) is 31.7 Å². The van der Waals surface area contributed by atoms with Crippen LogP contribution in [0.4, 0.5) is 5.69 Å². The Bertz CT molecular complexity index is 535. The van der Waals surface area contributed by atoms with E-state index in [0.717, 1.165) is 25.7 Å². The number of piperidine rings is 1. The van der Waals surface area contributed by atoms with E-state index in [9.17, 15) is 4.79 Å². The van der Waals surface area contributed by atoms with Crippen LogP contribution in [0.5, 0.6) is 0 Å². The maximum atomic E-state index is 12.6. The van der Waals surface area contributed by atoms with Crippen LogP contribution in [0, 0.1) is 6.57 Å². The van der Waals surface area contributed by atoms with Crippen molar-refractivity contribution in [2.24, 2.45) is 5.73 Å². The Kier molecular flexibility index (Phi) is 3.00. The highest BCUT2D eigenvalue weighted by atomic mass is 16.2. The van der Waals surface area contributed by atoms with Crippen LogP contribution in [-0.4, -0.2) is 28.9 Å². The van der Waals surface area contributed by atoms with Crippen LogP contribution < -0.4 is 5.73 Å². The zero-order valence-corrected chi connectivity index (χ0v) is 10.7. The summed E-state index contributed by atoms with van der Waals surface area (Å²) in [6, 6.07) is 7.79. The van der Waals surface area contributed by atoms with Gasteiger partial charge in [0.15, 0.2) is 5.69 Å². The lowest BCUT2D eigenvalue weighted by Gasteiger charge is -2.37. The molecule has 0 radical (unpaired) electrons. The number of hydrogen-bond donors (Lipinski definition) is 1. The normalized spacial score (nSPS) is 29.1. The highest BCUT2D eigenvalue weighted by Crippen LogP contribution is 2.36. The fraction of sp³-hybridized carbons (Fsp3) is 0.467. The molecule has 1 amide bonds. The van der Waals surface area contributed by atoms with Gasteiger partial charge in [0.1, 0.15) is 0 Å². The van der Waals surface area contributed by atoms with Crippen LogP contribution in [0.2, 0.25) is 0 Å². The molecule has 1 aromatic rings. The third-order valence-electron chi connectivity index (χ3n) is 4.23. The van der Waals surface area contributed by atoms with Crippen LogP contribution in [-0.2, 0) is 0 Å². The number of rotatable bonds is 1. The summed E-state index contributed by atoms with van der Waals surface area (Å²) < 4.78 is 0. The molecule has 0 saturated carbocycles. The number of carbonyl (C=O) groups excluding carboxylic acids is 1. The Morgan fingerprint density at radius 2 is 2.00 bits per heavy atom. The Morgan fingerprint density at radius 3 is 2.63 bits per heavy atom. The van der Waals surface area contributed by atoms with E-state index < -0.39 is 0 Å². The fourth-order valence-corrected chi connectivity index (χ4v) is 3.41. The Morgan fingerprint density at radius 1 is 1.32 bits per heavy atom. The lowest BCUT2D eigenvalue weighted by atomic mass is 9.97. The van der Waals surface area contributed by atoms with E-state index in [1.807, 2.05) is 4.90 Å². The molecule has 98 valence electrons. The summed E-state index contributed by atoms with van der Waals surface area (Å²) in [5, 5.41) is 0. The maximum Gasteiger partial charge on any atom is 0.253 e. The third-order valence-corrected chi connectivity index (χ3v) is 4.23. The first-order valence-electron chi connectivity index (χ1n) is 6.75. The smallest absolute Gasteiger partial charge is 0.253 e. The van der Waals surface area contributed by atoms with Crippen LogP contribution in [0.1, 0.15) is 36.0 Å². The van der Waals surface area contributed by atoms with Crippen LogP contribution in [0.15, 0.2) is 24.3 Å². The Labute approximate surface area is 113 Å². The molecule has 0 spiro atoms. The summed E-state index contributed by atoms with van der Waals surface area (Å²) in [6.07, 6.45) is 3.94. The zero-order valence-electron chi connectivity index (χ0n) is 10.7. The molecule has 3 rings (SSSR count). The van der Waals surface area contributed by atoms with Crippen molar-refractivity contribution in [2.75, 3.05) is 0 Å². The molecule has 2 aliphatic rings. The van der Waals surface area contributed by atoms with Crippen molar-refractivity contribution in [3.63, 3.8) is 0 Å². The molecule has 19 heavy (non-hydrogen) atoms. The van der Waals surface area contributed by atoms with Crippen LogP contribution in [0.3, 0.4) is 0 Å². The molecule has 2 aliphatic heterocycles. The van der Waals surface area contributed by atoms with Gasteiger partial charge in [-0.1, -0.05) is 18.2 Å². The minimum absolute atomic E-state index is 0.0601. The molecule has 2 bridgehead atoms. The van der Waals surface area contributed by atoms with Crippen molar-refractivity contribution >= 4 is 11.6 Å². The van der Waals surface area contributed by atoms with E-state index in [0.29, 0.717) is 11.3 Å². The average Bonchev–Trinajstić information content (AvgIpc) is 2.70.